The van der Waals surface area contributed by atoms with Gasteiger partial charge in [-0.05, 0) is 56.7 Å². The monoisotopic (exact) mass is 438 g/mol. The molecule has 0 saturated carbocycles. The van der Waals surface area contributed by atoms with Crippen LogP contribution in [0.25, 0.3) is 0 Å². The number of hydrogen-bond donors (Lipinski definition) is 1. The first kappa shape index (κ1) is 20.4. The summed E-state index contributed by atoms with van der Waals surface area (Å²) in [4.78, 5) is -0.0247. The van der Waals surface area contributed by atoms with Crippen LogP contribution in [0.5, 0.6) is 0 Å². The smallest absolute Gasteiger partial charge is 0.268 e. The Morgan fingerprint density at radius 3 is 2.18 bits per heavy atom. The van der Waals surface area contributed by atoms with Gasteiger partial charge >= 0.3 is 0 Å². The van der Waals surface area contributed by atoms with Gasteiger partial charge in [0, 0.05) is 10.7 Å². The van der Waals surface area contributed by atoms with Crippen molar-refractivity contribution in [1.29, 1.82) is 0 Å². The zero-order chi connectivity index (χ0) is 20.7. The van der Waals surface area contributed by atoms with Crippen LogP contribution in [0.2, 0.25) is 5.02 Å². The molecular weight excluding hydrogens is 420 g/mol. The van der Waals surface area contributed by atoms with Gasteiger partial charge in [-0.1, -0.05) is 35.9 Å². The summed E-state index contributed by atoms with van der Waals surface area (Å²) in [5.41, 5.74) is 1.43. The number of hydrogen-bond acceptors (Lipinski definition) is 4. The van der Waals surface area contributed by atoms with Gasteiger partial charge in [0.05, 0.1) is 16.3 Å². The molecule has 0 aliphatic heterocycles. The summed E-state index contributed by atoms with van der Waals surface area (Å²) in [6.07, 6.45) is 0. The van der Waals surface area contributed by atoms with Gasteiger partial charge in [-0.3, -0.25) is 4.72 Å². The second-order valence-electron chi connectivity index (χ2n) is 6.38. The first-order valence-corrected chi connectivity index (χ1v) is 11.6. The number of benzene rings is 2. The van der Waals surface area contributed by atoms with Crippen LogP contribution in [0.4, 0.5) is 5.69 Å². The summed E-state index contributed by atoms with van der Waals surface area (Å²) in [5, 5.41) is 0.389. The normalized spacial score (nSPS) is 12.1. The molecule has 1 heterocycles. The lowest BCUT2D eigenvalue weighted by Gasteiger charge is -2.13. The lowest BCUT2D eigenvalue weighted by Crippen LogP contribution is -2.18. The van der Waals surface area contributed by atoms with Crippen LogP contribution >= 0.6 is 11.6 Å². The molecule has 0 saturated heterocycles. The summed E-state index contributed by atoms with van der Waals surface area (Å²) in [6, 6.07) is 14.1. The van der Waals surface area contributed by atoms with Crippen molar-refractivity contribution in [3.05, 3.63) is 76.6 Å². The van der Waals surface area contributed by atoms with E-state index in [2.05, 4.69) is 4.72 Å². The Morgan fingerprint density at radius 1 is 0.893 bits per heavy atom. The van der Waals surface area contributed by atoms with Crippen LogP contribution < -0.4 is 4.72 Å². The first-order valence-electron chi connectivity index (χ1n) is 8.32. The Labute approximate surface area is 169 Å². The predicted molar refractivity (Wildman–Crippen MR) is 110 cm³/mol. The molecule has 1 aromatic heterocycles. The SMILES string of the molecule is Cc1ccc(Cl)cc1NS(=O)(=O)c1cc(C)n(S(=O)(=O)c2ccccc2)c1C. The van der Waals surface area contributed by atoms with E-state index in [0.717, 1.165) is 3.97 Å². The minimum atomic E-state index is -4.02. The van der Waals surface area contributed by atoms with Crippen LogP contribution in [0.1, 0.15) is 17.0 Å². The number of aryl methyl sites for hydroxylation is 2. The molecular formula is C19H19ClN2O4S2. The molecule has 148 valence electrons. The Bertz CT molecular complexity index is 1250. The van der Waals surface area contributed by atoms with E-state index in [1.54, 1.807) is 44.2 Å². The molecule has 0 fully saturated rings. The molecule has 1 N–H and O–H groups in total. The maximum absolute atomic E-state index is 13.0. The van der Waals surface area contributed by atoms with Gasteiger partial charge < -0.3 is 0 Å². The van der Waals surface area contributed by atoms with Gasteiger partial charge in [-0.2, -0.15) is 0 Å². The molecule has 2 aromatic carbocycles. The Hall–Kier alpha value is -2.29. The first-order chi connectivity index (χ1) is 13.0. The minimum absolute atomic E-state index is 0.0828. The van der Waals surface area contributed by atoms with Crippen molar-refractivity contribution in [3.8, 4) is 0 Å². The van der Waals surface area contributed by atoms with E-state index in [1.165, 1.54) is 31.2 Å². The molecule has 3 aromatic rings. The molecule has 9 heteroatoms. The molecule has 0 unspecified atom stereocenters. The summed E-state index contributed by atoms with van der Waals surface area (Å²) < 4.78 is 55.5. The van der Waals surface area contributed by atoms with E-state index >= 15 is 0 Å². The second kappa shape index (κ2) is 7.27. The number of nitrogens with one attached hydrogen (secondary N) is 1. The van der Waals surface area contributed by atoms with Crippen molar-refractivity contribution in [3.63, 3.8) is 0 Å². The second-order valence-corrected chi connectivity index (χ2v) is 10.3. The van der Waals surface area contributed by atoms with Gasteiger partial charge in [0.2, 0.25) is 0 Å². The van der Waals surface area contributed by atoms with Crippen LogP contribution in [-0.4, -0.2) is 20.8 Å². The van der Waals surface area contributed by atoms with Crippen molar-refractivity contribution in [2.24, 2.45) is 0 Å². The summed E-state index contributed by atoms with van der Waals surface area (Å²) >= 11 is 5.96. The number of rotatable bonds is 5. The van der Waals surface area contributed by atoms with Crippen molar-refractivity contribution in [2.45, 2.75) is 30.6 Å². The zero-order valence-electron chi connectivity index (χ0n) is 15.5. The Balaban J connectivity index is 2.10. The Morgan fingerprint density at radius 2 is 1.54 bits per heavy atom. The van der Waals surface area contributed by atoms with Crippen molar-refractivity contribution >= 4 is 37.3 Å². The average Bonchev–Trinajstić information content (AvgIpc) is 2.94. The highest BCUT2D eigenvalue weighted by atomic mass is 35.5. The highest BCUT2D eigenvalue weighted by Crippen LogP contribution is 2.28. The van der Waals surface area contributed by atoms with E-state index < -0.39 is 20.0 Å². The van der Waals surface area contributed by atoms with E-state index in [9.17, 15) is 16.8 Å². The molecule has 0 atom stereocenters. The van der Waals surface area contributed by atoms with E-state index in [4.69, 9.17) is 11.6 Å². The highest BCUT2D eigenvalue weighted by Gasteiger charge is 2.28. The van der Waals surface area contributed by atoms with Crippen LogP contribution in [0.3, 0.4) is 0 Å². The third kappa shape index (κ3) is 3.67. The topological polar surface area (TPSA) is 85.2 Å². The average molecular weight is 439 g/mol. The fourth-order valence-corrected chi connectivity index (χ4v) is 6.22. The maximum Gasteiger partial charge on any atom is 0.268 e. The lowest BCUT2D eigenvalue weighted by molar-refractivity contribution is 0.584. The molecule has 0 aliphatic rings. The van der Waals surface area contributed by atoms with Gasteiger partial charge in [-0.25, -0.2) is 20.8 Å². The van der Waals surface area contributed by atoms with E-state index in [1.807, 2.05) is 0 Å². The molecule has 0 amide bonds. The number of anilines is 1. The minimum Gasteiger partial charge on any atom is -0.279 e. The van der Waals surface area contributed by atoms with Gasteiger partial charge in [0.1, 0.15) is 4.90 Å². The fourth-order valence-electron chi connectivity index (χ4n) is 2.96. The van der Waals surface area contributed by atoms with Gasteiger partial charge in [0.15, 0.2) is 0 Å². The number of sulfonamides is 1. The third-order valence-electron chi connectivity index (χ3n) is 4.34. The molecule has 28 heavy (non-hydrogen) atoms. The van der Waals surface area contributed by atoms with Gasteiger partial charge in [0.25, 0.3) is 20.0 Å². The lowest BCUT2D eigenvalue weighted by atomic mass is 10.2. The maximum atomic E-state index is 13.0. The largest absolute Gasteiger partial charge is 0.279 e. The number of halogens is 1. The predicted octanol–water partition coefficient (Wildman–Crippen LogP) is 4.10. The molecule has 6 nitrogen and oxygen atoms in total. The standard InChI is InChI=1S/C19H19ClN2O4S2/c1-13-9-10-16(20)12-18(13)21-27(23,24)19-11-14(2)22(15(19)3)28(25,26)17-7-5-4-6-8-17/h4-12,21H,1-3H3. The number of aromatic nitrogens is 1. The van der Waals surface area contributed by atoms with Crippen LogP contribution in [0.15, 0.2) is 64.4 Å². The molecule has 0 radical (unpaired) electrons. The highest BCUT2D eigenvalue weighted by molar-refractivity contribution is 7.93. The molecule has 0 bridgehead atoms. The van der Waals surface area contributed by atoms with Crippen LogP contribution in [-0.2, 0) is 20.0 Å². The van der Waals surface area contributed by atoms with E-state index in [0.29, 0.717) is 22.0 Å². The quantitative estimate of drug-likeness (QED) is 0.649. The van der Waals surface area contributed by atoms with Crippen molar-refractivity contribution < 1.29 is 16.8 Å². The molecule has 3 rings (SSSR count). The van der Waals surface area contributed by atoms with Crippen molar-refractivity contribution in [1.82, 2.24) is 3.97 Å². The summed E-state index contributed by atoms with van der Waals surface area (Å²) in [6.45, 7) is 4.77. The van der Waals surface area contributed by atoms with Gasteiger partial charge in [-0.15, -0.1) is 0 Å². The zero-order valence-corrected chi connectivity index (χ0v) is 17.9. The number of nitrogens with zero attached hydrogens (tertiary/aromatic N) is 1. The van der Waals surface area contributed by atoms with E-state index in [-0.39, 0.29) is 15.5 Å². The summed E-state index contributed by atoms with van der Waals surface area (Å²) in [5.74, 6) is 0. The molecule has 0 spiro atoms. The third-order valence-corrected chi connectivity index (χ3v) is 7.96. The van der Waals surface area contributed by atoms with Crippen molar-refractivity contribution in [2.75, 3.05) is 4.72 Å². The fraction of sp³-hybridized carbons (Fsp3) is 0.158. The molecule has 0 aliphatic carbocycles. The van der Waals surface area contributed by atoms with Crippen LogP contribution in [0, 0.1) is 20.8 Å². The summed E-state index contributed by atoms with van der Waals surface area (Å²) in [7, 11) is -7.95. The Kier molecular flexibility index (Phi) is 5.31.